The van der Waals surface area contributed by atoms with Gasteiger partial charge in [0, 0.05) is 19.5 Å². The summed E-state index contributed by atoms with van der Waals surface area (Å²) in [4.78, 5) is 25.2. The van der Waals surface area contributed by atoms with E-state index in [2.05, 4.69) is 11.7 Å². The van der Waals surface area contributed by atoms with Gasteiger partial charge in [0.05, 0.1) is 12.7 Å². The summed E-state index contributed by atoms with van der Waals surface area (Å²) in [5.74, 6) is 0.402. The second kappa shape index (κ2) is 6.55. The Labute approximate surface area is 119 Å². The molecule has 0 saturated carbocycles. The fourth-order valence-electron chi connectivity index (χ4n) is 2.69. The van der Waals surface area contributed by atoms with Gasteiger partial charge < -0.3 is 9.64 Å². The molecule has 1 heterocycles. The van der Waals surface area contributed by atoms with Crippen LogP contribution in [-0.4, -0.2) is 30.4 Å². The van der Waals surface area contributed by atoms with Crippen LogP contribution in [0.25, 0.3) is 0 Å². The van der Waals surface area contributed by atoms with Gasteiger partial charge in [-0.2, -0.15) is 0 Å². The Morgan fingerprint density at radius 3 is 2.65 bits per heavy atom. The van der Waals surface area contributed by atoms with E-state index >= 15 is 0 Å². The van der Waals surface area contributed by atoms with Crippen molar-refractivity contribution in [3.63, 3.8) is 0 Å². The zero-order valence-electron chi connectivity index (χ0n) is 12.1. The molecule has 0 bridgehead atoms. The van der Waals surface area contributed by atoms with E-state index in [4.69, 9.17) is 0 Å². The number of rotatable bonds is 5. The summed E-state index contributed by atoms with van der Waals surface area (Å²) < 4.78 is 4.66. The van der Waals surface area contributed by atoms with Crippen LogP contribution in [0.2, 0.25) is 0 Å². The second-order valence-electron chi connectivity index (χ2n) is 5.32. The third-order valence-corrected chi connectivity index (χ3v) is 3.74. The summed E-state index contributed by atoms with van der Waals surface area (Å²) in [6, 6.07) is 7.25. The van der Waals surface area contributed by atoms with Crippen LogP contribution in [0.15, 0.2) is 24.3 Å². The number of likely N-dealkylation sites (tertiary alicyclic amines) is 1. The molecule has 20 heavy (non-hydrogen) atoms. The number of carbonyl (C=O) groups is 2. The predicted molar refractivity (Wildman–Crippen MR) is 76.2 cm³/mol. The van der Waals surface area contributed by atoms with E-state index in [1.807, 2.05) is 17.0 Å². The van der Waals surface area contributed by atoms with Crippen molar-refractivity contribution in [1.82, 2.24) is 4.90 Å². The van der Waals surface area contributed by atoms with Crippen LogP contribution in [0, 0.1) is 5.92 Å². The molecule has 0 spiro atoms. The lowest BCUT2D eigenvalue weighted by atomic mass is 10.0. The minimum Gasteiger partial charge on any atom is -0.465 e. The van der Waals surface area contributed by atoms with Gasteiger partial charge in [0.15, 0.2) is 0 Å². The van der Waals surface area contributed by atoms with E-state index in [1.54, 1.807) is 12.1 Å². The minimum atomic E-state index is -0.336. The SMILES string of the molecule is CCCC1CC(=O)N(Cc2ccc(C(=O)OC)cc2)C1. The molecule has 1 atom stereocenters. The molecule has 1 unspecified atom stereocenters. The lowest BCUT2D eigenvalue weighted by Crippen LogP contribution is -2.24. The summed E-state index contributed by atoms with van der Waals surface area (Å²) in [5.41, 5.74) is 1.58. The van der Waals surface area contributed by atoms with Gasteiger partial charge in [0.1, 0.15) is 0 Å². The fraction of sp³-hybridized carbons (Fsp3) is 0.500. The van der Waals surface area contributed by atoms with E-state index in [1.165, 1.54) is 7.11 Å². The van der Waals surface area contributed by atoms with Crippen molar-refractivity contribution in [3.05, 3.63) is 35.4 Å². The van der Waals surface area contributed by atoms with E-state index in [-0.39, 0.29) is 11.9 Å². The summed E-state index contributed by atoms with van der Waals surface area (Å²) >= 11 is 0. The predicted octanol–water partition coefficient (Wildman–Crippen LogP) is 2.62. The molecule has 1 aromatic rings. The highest BCUT2D eigenvalue weighted by Crippen LogP contribution is 2.23. The van der Waals surface area contributed by atoms with Gasteiger partial charge in [-0.3, -0.25) is 4.79 Å². The zero-order valence-corrected chi connectivity index (χ0v) is 12.1. The third kappa shape index (κ3) is 3.38. The molecular weight excluding hydrogens is 254 g/mol. The van der Waals surface area contributed by atoms with Gasteiger partial charge in [0.25, 0.3) is 0 Å². The van der Waals surface area contributed by atoms with Crippen molar-refractivity contribution in [2.75, 3.05) is 13.7 Å². The third-order valence-electron chi connectivity index (χ3n) is 3.74. The van der Waals surface area contributed by atoms with Crippen LogP contribution >= 0.6 is 0 Å². The maximum atomic E-state index is 11.9. The molecule has 1 aliphatic heterocycles. The van der Waals surface area contributed by atoms with Crippen LogP contribution < -0.4 is 0 Å². The Kier molecular flexibility index (Phi) is 4.77. The highest BCUT2D eigenvalue weighted by Gasteiger charge is 2.28. The van der Waals surface area contributed by atoms with Crippen molar-refractivity contribution < 1.29 is 14.3 Å². The number of methoxy groups -OCH3 is 1. The average Bonchev–Trinajstić information content (AvgIpc) is 2.79. The number of amides is 1. The Morgan fingerprint density at radius 2 is 2.05 bits per heavy atom. The van der Waals surface area contributed by atoms with Gasteiger partial charge in [-0.05, 0) is 30.0 Å². The smallest absolute Gasteiger partial charge is 0.337 e. The molecule has 1 saturated heterocycles. The number of hydrogen-bond donors (Lipinski definition) is 0. The Balaban J connectivity index is 1.96. The molecule has 0 radical (unpaired) electrons. The van der Waals surface area contributed by atoms with Crippen molar-refractivity contribution in [3.8, 4) is 0 Å². The first-order valence-corrected chi connectivity index (χ1v) is 7.09. The monoisotopic (exact) mass is 275 g/mol. The van der Waals surface area contributed by atoms with E-state index in [9.17, 15) is 9.59 Å². The quantitative estimate of drug-likeness (QED) is 0.776. The molecule has 2 rings (SSSR count). The normalized spacial score (nSPS) is 18.4. The highest BCUT2D eigenvalue weighted by molar-refractivity contribution is 5.89. The molecule has 1 aromatic carbocycles. The van der Waals surface area contributed by atoms with Gasteiger partial charge in [-0.1, -0.05) is 25.5 Å². The fourth-order valence-corrected chi connectivity index (χ4v) is 2.69. The van der Waals surface area contributed by atoms with E-state index < -0.39 is 0 Å². The van der Waals surface area contributed by atoms with Gasteiger partial charge in [-0.25, -0.2) is 4.79 Å². The standard InChI is InChI=1S/C16H21NO3/c1-3-4-13-9-15(18)17(11-13)10-12-5-7-14(8-6-12)16(19)20-2/h5-8,13H,3-4,9-11H2,1-2H3. The number of ether oxygens (including phenoxy) is 1. The summed E-state index contributed by atoms with van der Waals surface area (Å²) in [5, 5.41) is 0. The Hall–Kier alpha value is -1.84. The molecule has 4 nitrogen and oxygen atoms in total. The lowest BCUT2D eigenvalue weighted by molar-refractivity contribution is -0.128. The van der Waals surface area contributed by atoms with Gasteiger partial charge >= 0.3 is 5.97 Å². The number of hydrogen-bond acceptors (Lipinski definition) is 3. The molecular formula is C16H21NO3. The van der Waals surface area contributed by atoms with E-state index in [0.29, 0.717) is 24.4 Å². The van der Waals surface area contributed by atoms with Crippen molar-refractivity contribution in [2.45, 2.75) is 32.7 Å². The molecule has 1 amide bonds. The first-order valence-electron chi connectivity index (χ1n) is 7.09. The minimum absolute atomic E-state index is 0.237. The average molecular weight is 275 g/mol. The highest BCUT2D eigenvalue weighted by atomic mass is 16.5. The summed E-state index contributed by atoms with van der Waals surface area (Å²) in [7, 11) is 1.37. The first kappa shape index (κ1) is 14.6. The molecule has 108 valence electrons. The topological polar surface area (TPSA) is 46.6 Å². The molecule has 4 heteroatoms. The van der Waals surface area contributed by atoms with Crippen LogP contribution in [0.1, 0.15) is 42.1 Å². The largest absolute Gasteiger partial charge is 0.465 e. The van der Waals surface area contributed by atoms with Crippen LogP contribution in [0.3, 0.4) is 0 Å². The van der Waals surface area contributed by atoms with E-state index in [0.717, 1.165) is 24.9 Å². The summed E-state index contributed by atoms with van der Waals surface area (Å²) in [6.07, 6.45) is 2.91. The maximum Gasteiger partial charge on any atom is 0.337 e. The van der Waals surface area contributed by atoms with Crippen LogP contribution in [0.4, 0.5) is 0 Å². The molecule has 1 fully saturated rings. The number of esters is 1. The number of carbonyl (C=O) groups excluding carboxylic acids is 2. The summed E-state index contributed by atoms with van der Waals surface area (Å²) in [6.45, 7) is 3.63. The Bertz CT molecular complexity index is 481. The number of benzene rings is 1. The van der Waals surface area contributed by atoms with Crippen LogP contribution in [0.5, 0.6) is 0 Å². The molecule has 1 aliphatic rings. The zero-order chi connectivity index (χ0) is 14.5. The molecule has 0 aliphatic carbocycles. The molecule has 0 N–H and O–H groups in total. The van der Waals surface area contributed by atoms with Crippen molar-refractivity contribution in [2.24, 2.45) is 5.92 Å². The van der Waals surface area contributed by atoms with Crippen molar-refractivity contribution in [1.29, 1.82) is 0 Å². The maximum absolute atomic E-state index is 11.9. The van der Waals surface area contributed by atoms with Crippen LogP contribution in [-0.2, 0) is 16.1 Å². The number of nitrogens with zero attached hydrogens (tertiary/aromatic N) is 1. The lowest BCUT2D eigenvalue weighted by Gasteiger charge is -2.16. The van der Waals surface area contributed by atoms with Gasteiger partial charge in [-0.15, -0.1) is 0 Å². The first-order chi connectivity index (χ1) is 9.63. The van der Waals surface area contributed by atoms with Crippen molar-refractivity contribution >= 4 is 11.9 Å². The Morgan fingerprint density at radius 1 is 1.35 bits per heavy atom. The second-order valence-corrected chi connectivity index (χ2v) is 5.32. The van der Waals surface area contributed by atoms with Gasteiger partial charge in [0.2, 0.25) is 5.91 Å². The molecule has 0 aromatic heterocycles.